The summed E-state index contributed by atoms with van der Waals surface area (Å²) in [5.74, 6) is -0.522. The van der Waals surface area contributed by atoms with Gasteiger partial charge in [-0.25, -0.2) is 4.79 Å². The van der Waals surface area contributed by atoms with Crippen molar-refractivity contribution in [2.45, 2.75) is 64.8 Å². The molecule has 4 nitrogen and oxygen atoms in total. The number of rotatable bonds is 5. The molecule has 0 heterocycles. The maximum absolute atomic E-state index is 11.9. The molecule has 4 heteroatoms. The summed E-state index contributed by atoms with van der Waals surface area (Å²) in [4.78, 5) is 23.4. The first-order valence-electron chi connectivity index (χ1n) is 7.00. The highest BCUT2D eigenvalue weighted by atomic mass is 16.4. The van der Waals surface area contributed by atoms with Gasteiger partial charge in [-0.3, -0.25) is 4.79 Å². The first-order valence-corrected chi connectivity index (χ1v) is 7.00. The molecule has 1 saturated carbocycles. The third-order valence-corrected chi connectivity index (χ3v) is 4.37. The molecule has 0 saturated heterocycles. The number of carboxylic acid groups (broad SMARTS) is 1. The number of hydrogen-bond acceptors (Lipinski definition) is 2. The quantitative estimate of drug-likeness (QED) is 0.793. The molecular formula is C14H25NO3. The van der Waals surface area contributed by atoms with Gasteiger partial charge in [0.2, 0.25) is 5.91 Å². The molecule has 0 aromatic heterocycles. The number of nitrogens with one attached hydrogen (secondary N) is 1. The second-order valence-corrected chi connectivity index (χ2v) is 5.54. The fraction of sp³-hybridized carbons (Fsp3) is 0.857. The predicted molar refractivity (Wildman–Crippen MR) is 70.2 cm³/mol. The van der Waals surface area contributed by atoms with E-state index >= 15 is 0 Å². The van der Waals surface area contributed by atoms with Crippen LogP contribution in [0.15, 0.2) is 0 Å². The van der Waals surface area contributed by atoms with Gasteiger partial charge in [-0.05, 0) is 38.0 Å². The molecule has 1 aliphatic rings. The number of carbonyl (C=O) groups is 2. The van der Waals surface area contributed by atoms with Gasteiger partial charge in [0.15, 0.2) is 0 Å². The zero-order valence-corrected chi connectivity index (χ0v) is 11.7. The molecule has 1 atom stereocenters. The van der Waals surface area contributed by atoms with E-state index in [1.165, 1.54) is 0 Å². The van der Waals surface area contributed by atoms with Crippen LogP contribution in [-0.4, -0.2) is 22.5 Å². The lowest BCUT2D eigenvalue weighted by molar-refractivity contribution is -0.150. The average Bonchev–Trinajstić information content (AvgIpc) is 2.38. The highest BCUT2D eigenvalue weighted by molar-refractivity contribution is 5.88. The molecule has 1 rings (SSSR count). The maximum atomic E-state index is 11.9. The Morgan fingerprint density at radius 3 is 2.28 bits per heavy atom. The Balaban J connectivity index is 2.71. The standard InChI is InChI=1S/C14H25NO3/c1-4-10(3)12(16)15-14(13(17)18)8-6-11(5-2)7-9-14/h10-11H,4-9H2,1-3H3,(H,15,16)(H,17,18). The molecule has 0 aliphatic heterocycles. The van der Waals surface area contributed by atoms with Crippen LogP contribution in [0, 0.1) is 11.8 Å². The Morgan fingerprint density at radius 1 is 1.33 bits per heavy atom. The first kappa shape index (κ1) is 15.0. The van der Waals surface area contributed by atoms with E-state index in [1.807, 2.05) is 13.8 Å². The fourth-order valence-electron chi connectivity index (χ4n) is 2.52. The van der Waals surface area contributed by atoms with Crippen LogP contribution in [0.3, 0.4) is 0 Å². The zero-order valence-electron chi connectivity index (χ0n) is 11.7. The van der Waals surface area contributed by atoms with Gasteiger partial charge in [-0.2, -0.15) is 0 Å². The summed E-state index contributed by atoms with van der Waals surface area (Å²) in [6.07, 6.45) is 4.73. The van der Waals surface area contributed by atoms with Crippen molar-refractivity contribution in [1.82, 2.24) is 5.32 Å². The van der Waals surface area contributed by atoms with Crippen molar-refractivity contribution in [3.8, 4) is 0 Å². The molecule has 0 radical (unpaired) electrons. The molecule has 1 fully saturated rings. The molecule has 0 bridgehead atoms. The number of carbonyl (C=O) groups excluding carboxylic acids is 1. The summed E-state index contributed by atoms with van der Waals surface area (Å²) < 4.78 is 0. The number of amides is 1. The minimum atomic E-state index is -1.02. The molecule has 1 unspecified atom stereocenters. The van der Waals surface area contributed by atoms with Crippen LogP contribution < -0.4 is 5.32 Å². The van der Waals surface area contributed by atoms with Crippen LogP contribution >= 0.6 is 0 Å². The van der Waals surface area contributed by atoms with Gasteiger partial charge in [0.05, 0.1) is 0 Å². The van der Waals surface area contributed by atoms with Crippen LogP contribution in [-0.2, 0) is 9.59 Å². The molecule has 1 amide bonds. The van der Waals surface area contributed by atoms with Crippen molar-refractivity contribution in [2.75, 3.05) is 0 Å². The van der Waals surface area contributed by atoms with Gasteiger partial charge in [-0.15, -0.1) is 0 Å². The van der Waals surface area contributed by atoms with E-state index in [1.54, 1.807) is 0 Å². The summed E-state index contributed by atoms with van der Waals surface area (Å²) in [5.41, 5.74) is -1.02. The van der Waals surface area contributed by atoms with E-state index in [0.29, 0.717) is 18.8 Å². The van der Waals surface area contributed by atoms with Crippen molar-refractivity contribution in [2.24, 2.45) is 11.8 Å². The maximum Gasteiger partial charge on any atom is 0.329 e. The molecule has 18 heavy (non-hydrogen) atoms. The smallest absolute Gasteiger partial charge is 0.329 e. The Labute approximate surface area is 109 Å². The number of hydrogen-bond donors (Lipinski definition) is 2. The lowest BCUT2D eigenvalue weighted by Crippen LogP contribution is -2.57. The van der Waals surface area contributed by atoms with Crippen molar-refractivity contribution in [1.29, 1.82) is 0 Å². The Bertz CT molecular complexity index is 306. The van der Waals surface area contributed by atoms with Gasteiger partial charge in [0.25, 0.3) is 0 Å². The number of aliphatic carboxylic acids is 1. The lowest BCUT2D eigenvalue weighted by atomic mass is 9.75. The first-order chi connectivity index (χ1) is 8.45. The van der Waals surface area contributed by atoms with E-state index in [4.69, 9.17) is 0 Å². The van der Waals surface area contributed by atoms with Gasteiger partial charge in [0, 0.05) is 5.92 Å². The van der Waals surface area contributed by atoms with Gasteiger partial charge >= 0.3 is 5.97 Å². The SMILES string of the molecule is CCC1CCC(NC(=O)C(C)CC)(C(=O)O)CC1. The minimum absolute atomic E-state index is 0.120. The Morgan fingerprint density at radius 2 is 1.89 bits per heavy atom. The van der Waals surface area contributed by atoms with Crippen LogP contribution in [0.1, 0.15) is 59.3 Å². The molecule has 1 aliphatic carbocycles. The predicted octanol–water partition coefficient (Wildman–Crippen LogP) is 2.57. The summed E-state index contributed by atoms with van der Waals surface area (Å²) >= 11 is 0. The largest absolute Gasteiger partial charge is 0.480 e. The monoisotopic (exact) mass is 255 g/mol. The highest BCUT2D eigenvalue weighted by Gasteiger charge is 2.43. The summed E-state index contributed by atoms with van der Waals surface area (Å²) in [6, 6.07) is 0. The topological polar surface area (TPSA) is 66.4 Å². The fourth-order valence-corrected chi connectivity index (χ4v) is 2.52. The summed E-state index contributed by atoms with van der Waals surface area (Å²) in [6.45, 7) is 5.91. The molecular weight excluding hydrogens is 230 g/mol. The zero-order chi connectivity index (χ0) is 13.8. The van der Waals surface area contributed by atoms with Gasteiger partial charge in [-0.1, -0.05) is 27.2 Å². The molecule has 2 N–H and O–H groups in total. The van der Waals surface area contributed by atoms with Crippen molar-refractivity contribution in [3.63, 3.8) is 0 Å². The third-order valence-electron chi connectivity index (χ3n) is 4.37. The second-order valence-electron chi connectivity index (χ2n) is 5.54. The van der Waals surface area contributed by atoms with Gasteiger partial charge in [0.1, 0.15) is 5.54 Å². The van der Waals surface area contributed by atoms with Gasteiger partial charge < -0.3 is 10.4 Å². The van der Waals surface area contributed by atoms with Crippen LogP contribution in [0.25, 0.3) is 0 Å². The average molecular weight is 255 g/mol. The van der Waals surface area contributed by atoms with Crippen LogP contribution in [0.5, 0.6) is 0 Å². The van der Waals surface area contributed by atoms with Crippen molar-refractivity contribution < 1.29 is 14.7 Å². The second kappa shape index (κ2) is 6.21. The summed E-state index contributed by atoms with van der Waals surface area (Å²) in [5, 5.41) is 12.2. The third kappa shape index (κ3) is 3.24. The minimum Gasteiger partial charge on any atom is -0.480 e. The normalized spacial score (nSPS) is 29.6. The molecule has 104 valence electrons. The van der Waals surface area contributed by atoms with Crippen LogP contribution in [0.2, 0.25) is 0 Å². The van der Waals surface area contributed by atoms with Crippen LogP contribution in [0.4, 0.5) is 0 Å². The van der Waals surface area contributed by atoms with E-state index in [0.717, 1.165) is 25.7 Å². The van der Waals surface area contributed by atoms with E-state index in [2.05, 4.69) is 12.2 Å². The lowest BCUT2D eigenvalue weighted by Gasteiger charge is -2.37. The van der Waals surface area contributed by atoms with E-state index in [9.17, 15) is 14.7 Å². The Kier molecular flexibility index (Phi) is 5.17. The van der Waals surface area contributed by atoms with Crippen molar-refractivity contribution >= 4 is 11.9 Å². The van der Waals surface area contributed by atoms with E-state index < -0.39 is 11.5 Å². The highest BCUT2D eigenvalue weighted by Crippen LogP contribution is 2.34. The molecule has 0 aromatic carbocycles. The molecule has 0 aromatic rings. The van der Waals surface area contributed by atoms with Crippen molar-refractivity contribution in [3.05, 3.63) is 0 Å². The molecule has 0 spiro atoms. The Hall–Kier alpha value is -1.06. The number of carboxylic acids is 1. The summed E-state index contributed by atoms with van der Waals surface area (Å²) in [7, 11) is 0. The van der Waals surface area contributed by atoms with E-state index in [-0.39, 0.29) is 11.8 Å².